The molecule has 0 unspecified atom stereocenters. The normalized spacial score (nSPS) is 10.8. The van der Waals surface area contributed by atoms with E-state index in [9.17, 15) is 0 Å². The van der Waals surface area contributed by atoms with Crippen molar-refractivity contribution >= 4 is 17.4 Å². The second-order valence-corrected chi connectivity index (χ2v) is 5.07. The molecule has 3 aromatic rings. The second-order valence-electron chi connectivity index (χ2n) is 4.24. The van der Waals surface area contributed by atoms with Crippen molar-refractivity contribution in [2.45, 2.75) is 5.03 Å². The Bertz CT molecular complexity index is 788. The van der Waals surface area contributed by atoms with E-state index in [4.69, 9.17) is 9.47 Å². The van der Waals surface area contributed by atoms with Crippen molar-refractivity contribution in [3.05, 3.63) is 30.3 Å². The minimum Gasteiger partial charge on any atom is -0.493 e. The molecule has 0 fully saturated rings. The van der Waals surface area contributed by atoms with E-state index >= 15 is 0 Å². The largest absolute Gasteiger partial charge is 0.493 e. The van der Waals surface area contributed by atoms with Gasteiger partial charge < -0.3 is 9.47 Å². The monoisotopic (exact) mass is 302 g/mol. The molecule has 6 nitrogen and oxygen atoms in total. The summed E-state index contributed by atoms with van der Waals surface area (Å²) in [6, 6.07) is 9.44. The third-order valence-corrected chi connectivity index (χ3v) is 3.73. The maximum Gasteiger partial charge on any atom is 0.185 e. The van der Waals surface area contributed by atoms with E-state index in [2.05, 4.69) is 15.3 Å². The zero-order valence-electron chi connectivity index (χ0n) is 11.9. The topological polar surface area (TPSA) is 61.5 Å². The van der Waals surface area contributed by atoms with Gasteiger partial charge in [-0.15, -0.1) is 22.0 Å². The Balaban J connectivity index is 2.15. The van der Waals surface area contributed by atoms with Gasteiger partial charge >= 0.3 is 0 Å². The van der Waals surface area contributed by atoms with Gasteiger partial charge in [-0.05, 0) is 36.6 Å². The molecule has 0 atom stereocenters. The number of hydrogen-bond donors (Lipinski definition) is 0. The summed E-state index contributed by atoms with van der Waals surface area (Å²) in [4.78, 5) is 0. The molecule has 0 N–H and O–H groups in total. The second kappa shape index (κ2) is 5.61. The quantitative estimate of drug-likeness (QED) is 0.690. The predicted molar refractivity (Wildman–Crippen MR) is 81.1 cm³/mol. The summed E-state index contributed by atoms with van der Waals surface area (Å²) in [6.07, 6.45) is 1.98. The Hall–Kier alpha value is -2.28. The summed E-state index contributed by atoms with van der Waals surface area (Å²) in [5.41, 5.74) is 1.57. The van der Waals surface area contributed by atoms with Gasteiger partial charge in [-0.2, -0.15) is 9.61 Å². The molecule has 2 aromatic heterocycles. The van der Waals surface area contributed by atoms with E-state index in [1.165, 1.54) is 0 Å². The number of fused-ring (bicyclic) bond motifs is 1. The highest BCUT2D eigenvalue weighted by molar-refractivity contribution is 7.98. The highest BCUT2D eigenvalue weighted by Gasteiger charge is 2.13. The molecule has 0 aliphatic carbocycles. The Morgan fingerprint density at radius 1 is 1.00 bits per heavy atom. The van der Waals surface area contributed by atoms with E-state index in [0.29, 0.717) is 23.0 Å². The molecule has 1 aromatic carbocycles. The fourth-order valence-electron chi connectivity index (χ4n) is 2.04. The van der Waals surface area contributed by atoms with Gasteiger partial charge in [-0.1, -0.05) is 0 Å². The van der Waals surface area contributed by atoms with Crippen LogP contribution in [-0.4, -0.2) is 40.3 Å². The highest BCUT2D eigenvalue weighted by Crippen LogP contribution is 2.31. The molecule has 7 heteroatoms. The third-order valence-electron chi connectivity index (χ3n) is 3.09. The molecule has 0 saturated heterocycles. The summed E-state index contributed by atoms with van der Waals surface area (Å²) in [6.45, 7) is 0. The van der Waals surface area contributed by atoms with Crippen molar-refractivity contribution in [2.75, 3.05) is 20.5 Å². The standard InChI is InChI=1S/C14H14N4O2S/c1-19-10-5-4-9(8-11(10)20-2)14-16-15-12-6-7-13(21-3)17-18(12)14/h4-8H,1-3H3. The van der Waals surface area contributed by atoms with Crippen LogP contribution in [0.3, 0.4) is 0 Å². The van der Waals surface area contributed by atoms with Gasteiger partial charge in [-0.3, -0.25) is 0 Å². The lowest BCUT2D eigenvalue weighted by atomic mass is 10.2. The van der Waals surface area contributed by atoms with Crippen LogP contribution < -0.4 is 9.47 Å². The number of nitrogens with zero attached hydrogens (tertiary/aromatic N) is 4. The van der Waals surface area contributed by atoms with Gasteiger partial charge in [0.1, 0.15) is 5.03 Å². The first-order valence-corrected chi connectivity index (χ1v) is 7.48. The molecule has 0 bridgehead atoms. The maximum atomic E-state index is 5.32. The number of ether oxygens (including phenoxy) is 2. The average Bonchev–Trinajstić information content (AvgIpc) is 2.97. The summed E-state index contributed by atoms with van der Waals surface area (Å²) in [7, 11) is 3.21. The maximum absolute atomic E-state index is 5.32. The Morgan fingerprint density at radius 2 is 1.81 bits per heavy atom. The lowest BCUT2D eigenvalue weighted by molar-refractivity contribution is 0.355. The zero-order chi connectivity index (χ0) is 14.8. The molecule has 0 aliphatic heterocycles. The molecule has 21 heavy (non-hydrogen) atoms. The van der Waals surface area contributed by atoms with E-state index in [1.807, 2.05) is 36.6 Å². The van der Waals surface area contributed by atoms with Crippen LogP contribution >= 0.6 is 11.8 Å². The SMILES string of the molecule is COc1ccc(-c2nnc3ccc(SC)nn23)cc1OC. The smallest absolute Gasteiger partial charge is 0.185 e. The number of aromatic nitrogens is 4. The van der Waals surface area contributed by atoms with Gasteiger partial charge in [0, 0.05) is 5.56 Å². The van der Waals surface area contributed by atoms with Gasteiger partial charge in [-0.25, -0.2) is 0 Å². The first-order valence-electron chi connectivity index (χ1n) is 6.25. The molecule has 0 amide bonds. The van der Waals surface area contributed by atoms with E-state index < -0.39 is 0 Å². The van der Waals surface area contributed by atoms with E-state index in [1.54, 1.807) is 30.5 Å². The van der Waals surface area contributed by atoms with Gasteiger partial charge in [0.25, 0.3) is 0 Å². The Morgan fingerprint density at radius 3 is 2.52 bits per heavy atom. The van der Waals surface area contributed by atoms with Crippen molar-refractivity contribution in [1.82, 2.24) is 19.8 Å². The van der Waals surface area contributed by atoms with Crippen LogP contribution in [0.5, 0.6) is 11.5 Å². The molecular formula is C14H14N4O2S. The lowest BCUT2D eigenvalue weighted by Gasteiger charge is -2.08. The van der Waals surface area contributed by atoms with Crippen LogP contribution in [-0.2, 0) is 0 Å². The number of methoxy groups -OCH3 is 2. The molecule has 0 spiro atoms. The average molecular weight is 302 g/mol. The molecule has 0 radical (unpaired) electrons. The minimum atomic E-state index is 0.646. The predicted octanol–water partition coefficient (Wildman–Crippen LogP) is 2.53. The van der Waals surface area contributed by atoms with Crippen LogP contribution in [0.15, 0.2) is 35.4 Å². The lowest BCUT2D eigenvalue weighted by Crippen LogP contribution is -1.97. The Kier molecular flexibility index (Phi) is 3.66. The first-order chi connectivity index (χ1) is 10.3. The molecule has 0 aliphatic rings. The third kappa shape index (κ3) is 2.40. The number of rotatable bonds is 4. The fourth-order valence-corrected chi connectivity index (χ4v) is 2.40. The number of benzene rings is 1. The van der Waals surface area contributed by atoms with E-state index in [-0.39, 0.29) is 0 Å². The van der Waals surface area contributed by atoms with Crippen LogP contribution in [0.4, 0.5) is 0 Å². The fraction of sp³-hybridized carbons (Fsp3) is 0.214. The Labute approximate surface area is 126 Å². The highest BCUT2D eigenvalue weighted by atomic mass is 32.2. The summed E-state index contributed by atoms with van der Waals surface area (Å²) in [5.74, 6) is 1.99. The molecule has 0 saturated carbocycles. The van der Waals surface area contributed by atoms with Crippen molar-refractivity contribution in [2.24, 2.45) is 0 Å². The van der Waals surface area contributed by atoms with Crippen LogP contribution in [0.2, 0.25) is 0 Å². The first kappa shape index (κ1) is 13.7. The summed E-state index contributed by atoms with van der Waals surface area (Å²) >= 11 is 1.57. The van der Waals surface area contributed by atoms with Crippen molar-refractivity contribution < 1.29 is 9.47 Å². The molecule has 3 rings (SSSR count). The molecule has 2 heterocycles. The van der Waals surface area contributed by atoms with Crippen LogP contribution in [0, 0.1) is 0 Å². The van der Waals surface area contributed by atoms with Crippen molar-refractivity contribution in [1.29, 1.82) is 0 Å². The summed E-state index contributed by atoms with van der Waals surface area (Å²) < 4.78 is 12.3. The number of hydrogen-bond acceptors (Lipinski definition) is 6. The van der Waals surface area contributed by atoms with Gasteiger partial charge in [0.2, 0.25) is 0 Å². The minimum absolute atomic E-state index is 0.646. The summed E-state index contributed by atoms with van der Waals surface area (Å²) in [5, 5.41) is 13.8. The molecule has 108 valence electrons. The van der Waals surface area contributed by atoms with Crippen LogP contribution in [0.1, 0.15) is 0 Å². The van der Waals surface area contributed by atoms with Gasteiger partial charge in [0.05, 0.1) is 14.2 Å². The van der Waals surface area contributed by atoms with Gasteiger partial charge in [0.15, 0.2) is 23.0 Å². The zero-order valence-corrected chi connectivity index (χ0v) is 12.7. The van der Waals surface area contributed by atoms with Crippen molar-refractivity contribution in [3.8, 4) is 22.9 Å². The number of thioether (sulfide) groups is 1. The van der Waals surface area contributed by atoms with E-state index in [0.717, 1.165) is 10.6 Å². The van der Waals surface area contributed by atoms with Crippen molar-refractivity contribution in [3.63, 3.8) is 0 Å². The molecular weight excluding hydrogens is 288 g/mol. The van der Waals surface area contributed by atoms with Crippen LogP contribution in [0.25, 0.3) is 17.0 Å².